The van der Waals surface area contributed by atoms with Gasteiger partial charge in [0.05, 0.1) is 0 Å². The summed E-state index contributed by atoms with van der Waals surface area (Å²) >= 11 is 0. The van der Waals surface area contributed by atoms with E-state index in [-0.39, 0.29) is 11.8 Å². The van der Waals surface area contributed by atoms with Gasteiger partial charge in [0.2, 0.25) is 11.8 Å². The minimum Gasteiger partial charge on any atom is -0.384 e. The molecular weight excluding hydrogens is 278 g/mol. The third-order valence-electron chi connectivity index (χ3n) is 4.20. The van der Waals surface area contributed by atoms with Gasteiger partial charge in [0, 0.05) is 51.8 Å². The zero-order valence-corrected chi connectivity index (χ0v) is 13.7. The molecule has 0 aromatic heterocycles. The number of rotatable bonds is 4. The van der Waals surface area contributed by atoms with Crippen LogP contribution in [0.15, 0.2) is 18.2 Å². The summed E-state index contributed by atoms with van der Waals surface area (Å²) in [6.07, 6.45) is 0.480. The molecule has 0 aliphatic carbocycles. The van der Waals surface area contributed by atoms with Crippen molar-refractivity contribution in [2.24, 2.45) is 0 Å². The summed E-state index contributed by atoms with van der Waals surface area (Å²) in [7, 11) is 0. The van der Waals surface area contributed by atoms with Gasteiger partial charge in [0.1, 0.15) is 0 Å². The molecule has 1 heterocycles. The predicted molar refractivity (Wildman–Crippen MR) is 87.9 cm³/mol. The summed E-state index contributed by atoms with van der Waals surface area (Å²) in [5.41, 5.74) is 3.52. The van der Waals surface area contributed by atoms with Crippen LogP contribution in [0.3, 0.4) is 0 Å². The van der Waals surface area contributed by atoms with E-state index in [9.17, 15) is 9.59 Å². The molecule has 1 fully saturated rings. The number of carbonyl (C=O) groups excluding carboxylic acids is 2. The predicted octanol–water partition coefficient (Wildman–Crippen LogP) is 1.80. The number of benzene rings is 1. The Morgan fingerprint density at radius 1 is 1.05 bits per heavy atom. The standard InChI is InChI=1S/C17H25N3O2/c1-13-5-4-6-14(2)17(13)18-8-7-16(22)20-11-9-19(10-12-20)15(3)21/h4-6,18H,7-12H2,1-3H3. The molecule has 0 radical (unpaired) electrons. The van der Waals surface area contributed by atoms with Crippen LogP contribution >= 0.6 is 0 Å². The zero-order chi connectivity index (χ0) is 16.1. The molecule has 5 heteroatoms. The van der Waals surface area contributed by atoms with Crippen molar-refractivity contribution in [3.05, 3.63) is 29.3 Å². The average Bonchev–Trinajstić information content (AvgIpc) is 2.50. The Kier molecular flexibility index (Phi) is 5.41. The fraction of sp³-hybridized carbons (Fsp3) is 0.529. The number of amides is 2. The average molecular weight is 303 g/mol. The summed E-state index contributed by atoms with van der Waals surface area (Å²) in [4.78, 5) is 27.1. The highest BCUT2D eigenvalue weighted by atomic mass is 16.2. The van der Waals surface area contributed by atoms with Crippen LogP contribution in [0, 0.1) is 13.8 Å². The van der Waals surface area contributed by atoms with Gasteiger partial charge in [0.15, 0.2) is 0 Å². The van der Waals surface area contributed by atoms with Gasteiger partial charge in [-0.1, -0.05) is 18.2 Å². The first-order chi connectivity index (χ1) is 10.5. The maximum absolute atomic E-state index is 12.2. The van der Waals surface area contributed by atoms with Crippen molar-refractivity contribution in [1.82, 2.24) is 9.80 Å². The minimum absolute atomic E-state index is 0.0868. The monoisotopic (exact) mass is 303 g/mol. The van der Waals surface area contributed by atoms with Crippen LogP contribution < -0.4 is 5.32 Å². The molecule has 120 valence electrons. The van der Waals surface area contributed by atoms with Gasteiger partial charge in [-0.05, 0) is 25.0 Å². The number of hydrogen-bond acceptors (Lipinski definition) is 3. The van der Waals surface area contributed by atoms with Crippen molar-refractivity contribution in [1.29, 1.82) is 0 Å². The minimum atomic E-state index is 0.0868. The molecule has 0 unspecified atom stereocenters. The maximum atomic E-state index is 12.2. The lowest BCUT2D eigenvalue weighted by atomic mass is 10.1. The van der Waals surface area contributed by atoms with Crippen LogP contribution in [0.1, 0.15) is 24.5 Å². The number of nitrogens with zero attached hydrogens (tertiary/aromatic N) is 2. The van der Waals surface area contributed by atoms with Gasteiger partial charge >= 0.3 is 0 Å². The summed E-state index contributed by atoms with van der Waals surface area (Å²) < 4.78 is 0. The summed E-state index contributed by atoms with van der Waals surface area (Å²) in [5, 5.41) is 3.37. The SMILES string of the molecule is CC(=O)N1CCN(C(=O)CCNc2c(C)cccc2C)CC1. The molecule has 0 saturated carbocycles. The Balaban J connectivity index is 1.78. The maximum Gasteiger partial charge on any atom is 0.224 e. The Morgan fingerprint density at radius 3 is 2.14 bits per heavy atom. The number of anilines is 1. The van der Waals surface area contributed by atoms with Gasteiger partial charge in [-0.25, -0.2) is 0 Å². The molecule has 2 amide bonds. The first-order valence-corrected chi connectivity index (χ1v) is 7.82. The largest absolute Gasteiger partial charge is 0.384 e. The number of aryl methyl sites for hydroxylation is 2. The van der Waals surface area contributed by atoms with Crippen molar-refractivity contribution in [2.45, 2.75) is 27.2 Å². The lowest BCUT2D eigenvalue weighted by molar-refractivity contribution is -0.138. The molecule has 2 rings (SSSR count). The highest BCUT2D eigenvalue weighted by Gasteiger charge is 2.21. The summed E-state index contributed by atoms with van der Waals surface area (Å²) in [6, 6.07) is 6.17. The molecular formula is C17H25N3O2. The quantitative estimate of drug-likeness (QED) is 0.923. The van der Waals surface area contributed by atoms with Gasteiger partial charge in [0.25, 0.3) is 0 Å². The molecule has 1 saturated heterocycles. The third-order valence-corrected chi connectivity index (χ3v) is 4.20. The highest BCUT2D eigenvalue weighted by Crippen LogP contribution is 2.19. The number of carbonyl (C=O) groups is 2. The van der Waals surface area contributed by atoms with E-state index in [2.05, 4.69) is 31.3 Å². The molecule has 22 heavy (non-hydrogen) atoms. The summed E-state index contributed by atoms with van der Waals surface area (Å²) in [6.45, 7) is 8.92. The van der Waals surface area contributed by atoms with Gasteiger partial charge in [-0.2, -0.15) is 0 Å². The van der Waals surface area contributed by atoms with E-state index in [1.165, 1.54) is 11.1 Å². The third kappa shape index (κ3) is 4.00. The fourth-order valence-electron chi connectivity index (χ4n) is 2.82. The van der Waals surface area contributed by atoms with E-state index in [0.29, 0.717) is 39.1 Å². The number of nitrogens with one attached hydrogen (secondary N) is 1. The Morgan fingerprint density at radius 2 is 1.59 bits per heavy atom. The number of hydrogen-bond donors (Lipinski definition) is 1. The van der Waals surface area contributed by atoms with Crippen LogP contribution in [-0.2, 0) is 9.59 Å². The van der Waals surface area contributed by atoms with E-state index in [0.717, 1.165) is 5.69 Å². The summed E-state index contributed by atoms with van der Waals surface area (Å²) in [5.74, 6) is 0.241. The second-order valence-corrected chi connectivity index (χ2v) is 5.83. The molecule has 1 N–H and O–H groups in total. The van der Waals surface area contributed by atoms with E-state index >= 15 is 0 Å². The molecule has 1 aliphatic heterocycles. The fourth-order valence-corrected chi connectivity index (χ4v) is 2.82. The zero-order valence-electron chi connectivity index (χ0n) is 13.7. The molecule has 1 aromatic carbocycles. The lowest BCUT2D eigenvalue weighted by Gasteiger charge is -2.34. The van der Waals surface area contributed by atoms with Gasteiger partial charge in [-0.3, -0.25) is 9.59 Å². The number of piperazine rings is 1. The van der Waals surface area contributed by atoms with Crippen LogP contribution in [0.4, 0.5) is 5.69 Å². The smallest absolute Gasteiger partial charge is 0.224 e. The molecule has 0 bridgehead atoms. The Hall–Kier alpha value is -2.04. The second-order valence-electron chi connectivity index (χ2n) is 5.83. The molecule has 0 atom stereocenters. The second kappa shape index (κ2) is 7.29. The van der Waals surface area contributed by atoms with Crippen molar-refractivity contribution in [3.63, 3.8) is 0 Å². The molecule has 1 aliphatic rings. The van der Waals surface area contributed by atoms with Crippen molar-refractivity contribution < 1.29 is 9.59 Å². The van der Waals surface area contributed by atoms with Crippen molar-refractivity contribution >= 4 is 17.5 Å². The van der Waals surface area contributed by atoms with E-state index in [1.54, 1.807) is 11.8 Å². The number of para-hydroxylation sites is 1. The Labute approximate surface area is 132 Å². The molecule has 5 nitrogen and oxygen atoms in total. The first-order valence-electron chi connectivity index (χ1n) is 7.82. The molecule has 1 aromatic rings. The lowest BCUT2D eigenvalue weighted by Crippen LogP contribution is -2.50. The van der Waals surface area contributed by atoms with Crippen molar-refractivity contribution in [3.8, 4) is 0 Å². The van der Waals surface area contributed by atoms with E-state index in [1.807, 2.05) is 11.0 Å². The van der Waals surface area contributed by atoms with Gasteiger partial charge in [-0.15, -0.1) is 0 Å². The van der Waals surface area contributed by atoms with Crippen LogP contribution in [0.25, 0.3) is 0 Å². The van der Waals surface area contributed by atoms with Crippen LogP contribution in [0.5, 0.6) is 0 Å². The normalized spacial score (nSPS) is 14.9. The van der Waals surface area contributed by atoms with Crippen LogP contribution in [-0.4, -0.2) is 54.3 Å². The Bertz CT molecular complexity index is 529. The highest BCUT2D eigenvalue weighted by molar-refractivity contribution is 5.78. The first kappa shape index (κ1) is 16.3. The van der Waals surface area contributed by atoms with Gasteiger partial charge < -0.3 is 15.1 Å². The van der Waals surface area contributed by atoms with Crippen molar-refractivity contribution in [2.75, 3.05) is 38.0 Å². The topological polar surface area (TPSA) is 52.7 Å². The van der Waals surface area contributed by atoms with Crippen LogP contribution in [0.2, 0.25) is 0 Å². The van der Waals surface area contributed by atoms with E-state index < -0.39 is 0 Å². The van der Waals surface area contributed by atoms with E-state index in [4.69, 9.17) is 0 Å². The molecule has 0 spiro atoms.